The van der Waals surface area contributed by atoms with E-state index in [0.29, 0.717) is 13.0 Å². The topological polar surface area (TPSA) is 52.6 Å². The van der Waals surface area contributed by atoms with E-state index in [1.807, 2.05) is 6.92 Å². The van der Waals surface area contributed by atoms with Crippen molar-refractivity contribution in [1.29, 1.82) is 0 Å². The summed E-state index contributed by atoms with van der Waals surface area (Å²) in [6.45, 7) is 12.4. The van der Waals surface area contributed by atoms with Crippen molar-refractivity contribution in [3.63, 3.8) is 0 Å². The normalized spacial score (nSPS) is 23.7. The van der Waals surface area contributed by atoms with Crippen molar-refractivity contribution in [2.75, 3.05) is 26.2 Å². The summed E-state index contributed by atoms with van der Waals surface area (Å²) in [4.78, 5) is 13.8. The number of rotatable bonds is 8. The lowest BCUT2D eigenvalue weighted by Gasteiger charge is -2.27. The summed E-state index contributed by atoms with van der Waals surface area (Å²) in [6.07, 6.45) is 2.93. The summed E-state index contributed by atoms with van der Waals surface area (Å²) in [5, 5.41) is 12.4. The maximum absolute atomic E-state index is 11.3. The maximum atomic E-state index is 11.3. The highest BCUT2D eigenvalue weighted by atomic mass is 16.4. The molecule has 1 rings (SSSR count). The van der Waals surface area contributed by atoms with Gasteiger partial charge in [-0.15, -0.1) is 0 Å². The molecule has 0 aromatic carbocycles. The molecule has 1 fully saturated rings. The molecular weight excluding hydrogens is 240 g/mol. The fraction of sp³-hybridized carbons (Fsp3) is 0.933. The molecule has 4 nitrogen and oxygen atoms in total. The largest absolute Gasteiger partial charge is 0.480 e. The van der Waals surface area contributed by atoms with Crippen LogP contribution in [0.15, 0.2) is 0 Å². The molecule has 2 unspecified atom stereocenters. The molecule has 2 atom stereocenters. The van der Waals surface area contributed by atoms with E-state index in [2.05, 4.69) is 24.1 Å². The molecule has 1 aliphatic rings. The van der Waals surface area contributed by atoms with E-state index < -0.39 is 11.5 Å². The highest BCUT2D eigenvalue weighted by molar-refractivity contribution is 5.78. The van der Waals surface area contributed by atoms with E-state index in [1.54, 1.807) is 6.92 Å². The zero-order valence-corrected chi connectivity index (χ0v) is 12.9. The third kappa shape index (κ3) is 4.77. The number of likely N-dealkylation sites (tertiary alicyclic amines) is 1. The number of hydrogen-bond acceptors (Lipinski definition) is 3. The Morgan fingerprint density at radius 2 is 2.21 bits per heavy atom. The highest BCUT2D eigenvalue weighted by Crippen LogP contribution is 2.24. The number of likely N-dealkylation sites (N-methyl/N-ethyl adjacent to an activating group) is 1. The molecule has 1 saturated heterocycles. The summed E-state index contributed by atoms with van der Waals surface area (Å²) in [5.41, 5.74) is -0.772. The lowest BCUT2D eigenvalue weighted by molar-refractivity contribution is -0.144. The van der Waals surface area contributed by atoms with Crippen LogP contribution in [0.25, 0.3) is 0 Å². The minimum atomic E-state index is -0.772. The molecule has 0 amide bonds. The zero-order chi connectivity index (χ0) is 14.5. The van der Waals surface area contributed by atoms with E-state index in [-0.39, 0.29) is 0 Å². The van der Waals surface area contributed by atoms with Gasteiger partial charge in [0.15, 0.2) is 0 Å². The van der Waals surface area contributed by atoms with Gasteiger partial charge in [-0.05, 0) is 57.7 Å². The number of carbonyl (C=O) groups is 1. The first-order valence-electron chi connectivity index (χ1n) is 7.60. The molecule has 0 spiro atoms. The standard InChI is InChI=1S/C15H30N2O2/c1-5-16-15(4,14(18)19)8-6-9-17-10-7-13(11-17)12(2)3/h12-13,16H,5-11H2,1-4H3,(H,18,19). The van der Waals surface area contributed by atoms with Crippen LogP contribution < -0.4 is 5.32 Å². The van der Waals surface area contributed by atoms with Crippen LogP contribution >= 0.6 is 0 Å². The molecule has 4 heteroatoms. The van der Waals surface area contributed by atoms with E-state index in [9.17, 15) is 9.90 Å². The fourth-order valence-electron chi connectivity index (χ4n) is 2.93. The fourth-order valence-corrected chi connectivity index (χ4v) is 2.93. The van der Waals surface area contributed by atoms with Gasteiger partial charge >= 0.3 is 5.97 Å². The summed E-state index contributed by atoms with van der Waals surface area (Å²) in [6, 6.07) is 0. The van der Waals surface area contributed by atoms with Gasteiger partial charge in [0.1, 0.15) is 5.54 Å². The second-order valence-electron chi connectivity index (χ2n) is 6.36. The quantitative estimate of drug-likeness (QED) is 0.710. The molecule has 0 radical (unpaired) electrons. The number of hydrogen-bond donors (Lipinski definition) is 2. The van der Waals surface area contributed by atoms with Crippen molar-refractivity contribution in [1.82, 2.24) is 10.2 Å². The molecule has 19 heavy (non-hydrogen) atoms. The van der Waals surface area contributed by atoms with Crippen molar-refractivity contribution in [3.8, 4) is 0 Å². The molecule has 0 aromatic rings. The summed E-state index contributed by atoms with van der Waals surface area (Å²) in [7, 11) is 0. The van der Waals surface area contributed by atoms with Crippen molar-refractivity contribution in [2.45, 2.75) is 52.5 Å². The Morgan fingerprint density at radius 1 is 1.53 bits per heavy atom. The third-order valence-corrected chi connectivity index (χ3v) is 4.44. The van der Waals surface area contributed by atoms with Crippen LogP contribution in [0.2, 0.25) is 0 Å². The van der Waals surface area contributed by atoms with Crippen LogP contribution in [0.4, 0.5) is 0 Å². The van der Waals surface area contributed by atoms with Gasteiger partial charge < -0.3 is 15.3 Å². The van der Waals surface area contributed by atoms with Crippen LogP contribution in [0.1, 0.15) is 47.0 Å². The first-order valence-corrected chi connectivity index (χ1v) is 7.60. The van der Waals surface area contributed by atoms with Crippen molar-refractivity contribution in [2.24, 2.45) is 11.8 Å². The predicted octanol–water partition coefficient (Wildman–Crippen LogP) is 2.20. The van der Waals surface area contributed by atoms with Gasteiger partial charge in [-0.2, -0.15) is 0 Å². The third-order valence-electron chi connectivity index (χ3n) is 4.44. The molecule has 1 heterocycles. The van der Waals surface area contributed by atoms with Gasteiger partial charge in [0.25, 0.3) is 0 Å². The molecule has 0 bridgehead atoms. The monoisotopic (exact) mass is 270 g/mol. The summed E-state index contributed by atoms with van der Waals surface area (Å²) >= 11 is 0. The Labute approximate surface area is 117 Å². The van der Waals surface area contributed by atoms with E-state index in [0.717, 1.165) is 24.8 Å². The molecular formula is C15H30N2O2. The van der Waals surface area contributed by atoms with Crippen molar-refractivity contribution >= 4 is 5.97 Å². The lowest BCUT2D eigenvalue weighted by Crippen LogP contribution is -2.49. The van der Waals surface area contributed by atoms with Crippen LogP contribution in [-0.4, -0.2) is 47.7 Å². The van der Waals surface area contributed by atoms with Gasteiger partial charge in [-0.3, -0.25) is 4.79 Å². The Balaban J connectivity index is 2.32. The van der Waals surface area contributed by atoms with Gasteiger partial charge in [-0.25, -0.2) is 0 Å². The zero-order valence-electron chi connectivity index (χ0n) is 12.9. The number of carboxylic acid groups (broad SMARTS) is 1. The molecule has 0 aromatic heterocycles. The van der Waals surface area contributed by atoms with Crippen molar-refractivity contribution in [3.05, 3.63) is 0 Å². The van der Waals surface area contributed by atoms with Gasteiger partial charge in [0.2, 0.25) is 0 Å². The van der Waals surface area contributed by atoms with Gasteiger partial charge in [-0.1, -0.05) is 20.8 Å². The summed E-state index contributed by atoms with van der Waals surface area (Å²) in [5.74, 6) is 0.839. The Bertz CT molecular complexity index is 294. The van der Waals surface area contributed by atoms with Gasteiger partial charge in [0.05, 0.1) is 0 Å². The van der Waals surface area contributed by atoms with Crippen LogP contribution in [-0.2, 0) is 4.79 Å². The summed E-state index contributed by atoms with van der Waals surface area (Å²) < 4.78 is 0. The van der Waals surface area contributed by atoms with E-state index in [1.165, 1.54) is 19.5 Å². The van der Waals surface area contributed by atoms with Crippen LogP contribution in [0.5, 0.6) is 0 Å². The average molecular weight is 270 g/mol. The average Bonchev–Trinajstić information content (AvgIpc) is 2.78. The minimum absolute atomic E-state index is 0.693. The molecule has 0 aliphatic carbocycles. The smallest absolute Gasteiger partial charge is 0.323 e. The first-order chi connectivity index (χ1) is 8.89. The molecule has 0 saturated carbocycles. The Hall–Kier alpha value is -0.610. The number of nitrogens with one attached hydrogen (secondary N) is 1. The van der Waals surface area contributed by atoms with Crippen molar-refractivity contribution < 1.29 is 9.90 Å². The van der Waals surface area contributed by atoms with Gasteiger partial charge in [0, 0.05) is 6.54 Å². The maximum Gasteiger partial charge on any atom is 0.323 e. The number of aliphatic carboxylic acids is 1. The van der Waals surface area contributed by atoms with Crippen LogP contribution in [0, 0.1) is 11.8 Å². The lowest BCUT2D eigenvalue weighted by atomic mass is 9.95. The molecule has 1 aliphatic heterocycles. The van der Waals surface area contributed by atoms with E-state index in [4.69, 9.17) is 0 Å². The second kappa shape index (κ2) is 7.25. The Kier molecular flexibility index (Phi) is 6.27. The van der Waals surface area contributed by atoms with Crippen LogP contribution in [0.3, 0.4) is 0 Å². The van der Waals surface area contributed by atoms with E-state index >= 15 is 0 Å². The highest BCUT2D eigenvalue weighted by Gasteiger charge is 2.32. The Morgan fingerprint density at radius 3 is 2.68 bits per heavy atom. The first kappa shape index (κ1) is 16.4. The molecule has 112 valence electrons. The number of carboxylic acids is 1. The predicted molar refractivity (Wildman–Crippen MR) is 78.3 cm³/mol. The second-order valence-corrected chi connectivity index (χ2v) is 6.36. The number of nitrogens with zero attached hydrogens (tertiary/aromatic N) is 1. The minimum Gasteiger partial charge on any atom is -0.480 e. The molecule has 2 N–H and O–H groups in total. The SMILES string of the molecule is CCNC(C)(CCCN1CCC(C(C)C)C1)C(=O)O.